The predicted octanol–water partition coefficient (Wildman–Crippen LogP) is 2.92. The normalized spacial score (nSPS) is 13.4. The fourth-order valence-electron chi connectivity index (χ4n) is 2.26. The van der Waals surface area contributed by atoms with E-state index in [-0.39, 0.29) is 33.2 Å². The van der Waals surface area contributed by atoms with Gasteiger partial charge in [-0.25, -0.2) is 17.9 Å². The molecule has 0 radical (unpaired) electrons. The highest BCUT2D eigenvalue weighted by molar-refractivity contribution is 9.10. The van der Waals surface area contributed by atoms with Crippen molar-refractivity contribution in [2.45, 2.75) is 11.6 Å². The van der Waals surface area contributed by atoms with Gasteiger partial charge in [0.25, 0.3) is 5.91 Å². The number of benzene rings is 2. The van der Waals surface area contributed by atoms with Gasteiger partial charge in [-0.15, -0.1) is 0 Å². The second kappa shape index (κ2) is 5.59. The molecule has 1 aliphatic rings. The van der Waals surface area contributed by atoms with Crippen LogP contribution < -0.4 is 15.2 Å². The number of fused-ring (bicyclic) bond motifs is 2. The zero-order valence-corrected chi connectivity index (χ0v) is 13.9. The first kappa shape index (κ1) is 15.9. The molecule has 0 bridgehead atoms. The molecule has 1 heterocycles. The van der Waals surface area contributed by atoms with Crippen molar-refractivity contribution in [1.29, 1.82) is 0 Å². The van der Waals surface area contributed by atoms with Crippen molar-refractivity contribution in [2.24, 2.45) is 5.14 Å². The van der Waals surface area contributed by atoms with Crippen LogP contribution in [0.1, 0.15) is 15.9 Å². The minimum atomic E-state index is -3.93. The maximum Gasteiger partial charge on any atom is 0.259 e. The number of rotatable bonds is 2. The summed E-state index contributed by atoms with van der Waals surface area (Å²) in [5.74, 6) is -0.190. The molecule has 1 aliphatic heterocycles. The van der Waals surface area contributed by atoms with Crippen molar-refractivity contribution >= 4 is 37.5 Å². The second-order valence-corrected chi connectivity index (χ2v) is 7.31. The number of carbonyl (C=O) groups excluding carboxylic acids is 1. The van der Waals surface area contributed by atoms with E-state index >= 15 is 0 Å². The predicted molar refractivity (Wildman–Crippen MR) is 84.8 cm³/mol. The van der Waals surface area contributed by atoms with Gasteiger partial charge in [-0.05, 0) is 30.3 Å². The Bertz CT molecular complexity index is 931. The molecule has 0 spiro atoms. The summed E-state index contributed by atoms with van der Waals surface area (Å²) in [6, 6.07) is 6.85. The van der Waals surface area contributed by atoms with Crippen molar-refractivity contribution in [3.8, 4) is 11.5 Å². The topological polar surface area (TPSA) is 98.5 Å². The Morgan fingerprint density at radius 3 is 2.61 bits per heavy atom. The Kier molecular flexibility index (Phi) is 3.86. The maximum absolute atomic E-state index is 13.2. The third-order valence-electron chi connectivity index (χ3n) is 3.27. The molecular formula is C14H10BrFN2O4S. The van der Waals surface area contributed by atoms with E-state index in [1.807, 2.05) is 0 Å². The number of primary sulfonamides is 1. The number of hydrogen-bond acceptors (Lipinski definition) is 4. The van der Waals surface area contributed by atoms with Crippen LogP contribution in [0.3, 0.4) is 0 Å². The van der Waals surface area contributed by atoms with Gasteiger partial charge in [-0.3, -0.25) is 4.79 Å². The van der Waals surface area contributed by atoms with E-state index in [0.29, 0.717) is 4.47 Å². The highest BCUT2D eigenvalue weighted by Crippen LogP contribution is 2.39. The first-order chi connectivity index (χ1) is 10.8. The highest BCUT2D eigenvalue weighted by Gasteiger charge is 2.25. The molecule has 3 N–H and O–H groups in total. The van der Waals surface area contributed by atoms with E-state index < -0.39 is 22.6 Å². The average molecular weight is 401 g/mol. The summed E-state index contributed by atoms with van der Waals surface area (Å²) >= 11 is 3.23. The molecule has 0 unspecified atom stereocenters. The Balaban J connectivity index is 2.17. The van der Waals surface area contributed by atoms with Crippen LogP contribution in [0.5, 0.6) is 11.5 Å². The van der Waals surface area contributed by atoms with Gasteiger partial charge >= 0.3 is 0 Å². The van der Waals surface area contributed by atoms with Crippen LogP contribution >= 0.6 is 15.9 Å². The number of anilines is 1. The van der Waals surface area contributed by atoms with Gasteiger partial charge in [-0.2, -0.15) is 0 Å². The van der Waals surface area contributed by atoms with Crippen LogP contribution in [0.4, 0.5) is 10.1 Å². The molecule has 3 rings (SSSR count). The van der Waals surface area contributed by atoms with Crippen LogP contribution in [0.25, 0.3) is 0 Å². The van der Waals surface area contributed by atoms with Gasteiger partial charge in [-0.1, -0.05) is 15.9 Å². The summed E-state index contributed by atoms with van der Waals surface area (Å²) in [5.41, 5.74) is 0.356. The van der Waals surface area contributed by atoms with Gasteiger partial charge in [0, 0.05) is 10.0 Å². The summed E-state index contributed by atoms with van der Waals surface area (Å²) < 4.78 is 42.2. The van der Waals surface area contributed by atoms with E-state index in [1.54, 1.807) is 0 Å². The molecule has 2 aromatic carbocycles. The van der Waals surface area contributed by atoms with Crippen LogP contribution in [0.2, 0.25) is 0 Å². The van der Waals surface area contributed by atoms with Crippen LogP contribution in [-0.4, -0.2) is 14.3 Å². The Hall–Kier alpha value is -1.97. The number of ether oxygens (including phenoxy) is 1. The van der Waals surface area contributed by atoms with Gasteiger partial charge in [0.05, 0.1) is 16.1 Å². The lowest BCUT2D eigenvalue weighted by Gasteiger charge is -2.10. The van der Waals surface area contributed by atoms with Crippen molar-refractivity contribution in [3.63, 3.8) is 0 Å². The summed E-state index contributed by atoms with van der Waals surface area (Å²) in [6.07, 6.45) is 0. The van der Waals surface area contributed by atoms with E-state index in [4.69, 9.17) is 9.88 Å². The quantitative estimate of drug-likeness (QED) is 0.809. The minimum absolute atomic E-state index is 0.0593. The molecule has 0 aromatic heterocycles. The highest BCUT2D eigenvalue weighted by atomic mass is 79.9. The number of carbonyl (C=O) groups is 1. The molecule has 0 fully saturated rings. The zero-order valence-electron chi connectivity index (χ0n) is 11.5. The molecule has 0 saturated heterocycles. The summed E-state index contributed by atoms with van der Waals surface area (Å²) in [4.78, 5) is 12.2. The van der Waals surface area contributed by atoms with Crippen molar-refractivity contribution in [2.75, 3.05) is 5.32 Å². The lowest BCUT2D eigenvalue weighted by Crippen LogP contribution is -2.15. The van der Waals surface area contributed by atoms with E-state index in [1.165, 1.54) is 30.3 Å². The molecule has 1 amide bonds. The second-order valence-electron chi connectivity index (χ2n) is 4.83. The van der Waals surface area contributed by atoms with Crippen LogP contribution in [0, 0.1) is 0 Å². The first-order valence-electron chi connectivity index (χ1n) is 6.34. The molecule has 23 heavy (non-hydrogen) atoms. The number of sulfonamides is 1. The van der Waals surface area contributed by atoms with Crippen LogP contribution in [-0.2, 0) is 16.7 Å². The molecule has 6 nitrogen and oxygen atoms in total. The fraction of sp³-hybridized carbons (Fsp3) is 0.0714. The van der Waals surface area contributed by atoms with E-state index in [2.05, 4.69) is 21.2 Å². The Morgan fingerprint density at radius 2 is 1.96 bits per heavy atom. The summed E-state index contributed by atoms with van der Waals surface area (Å²) in [6.45, 7) is -0.850. The standard InChI is InChI=1S/C14H10BrFN2O4S/c15-8-3-7(6-16)13-12(4-8)22-11-2-1-9(23(17,20)21)5-10(11)18-14(13)19/h1-5H,6H2,(H,18,19)(H2,17,20,21). The van der Waals surface area contributed by atoms with Gasteiger partial charge < -0.3 is 10.1 Å². The van der Waals surface area contributed by atoms with Gasteiger partial charge in [0.1, 0.15) is 12.4 Å². The summed E-state index contributed by atoms with van der Waals surface area (Å²) in [5, 5.41) is 7.60. The third kappa shape index (κ3) is 2.94. The number of halogens is 2. The third-order valence-corrected chi connectivity index (χ3v) is 4.64. The van der Waals surface area contributed by atoms with Gasteiger partial charge in [0.15, 0.2) is 5.75 Å². The average Bonchev–Trinajstić information content (AvgIpc) is 2.60. The molecule has 0 aliphatic carbocycles. The first-order valence-corrected chi connectivity index (χ1v) is 8.68. The minimum Gasteiger partial charge on any atom is -0.454 e. The lowest BCUT2D eigenvalue weighted by atomic mass is 10.1. The van der Waals surface area contributed by atoms with Crippen molar-refractivity contribution in [1.82, 2.24) is 0 Å². The molecule has 0 atom stereocenters. The SMILES string of the molecule is NS(=O)(=O)c1ccc2c(c1)NC(=O)c1c(CF)cc(Br)cc1O2. The van der Waals surface area contributed by atoms with Crippen molar-refractivity contribution < 1.29 is 22.3 Å². The number of hydrogen-bond donors (Lipinski definition) is 2. The number of amides is 1. The Labute approximate surface area is 139 Å². The maximum atomic E-state index is 13.2. The van der Waals surface area contributed by atoms with Crippen LogP contribution in [0.15, 0.2) is 39.7 Å². The summed E-state index contributed by atoms with van der Waals surface area (Å²) in [7, 11) is -3.93. The van der Waals surface area contributed by atoms with E-state index in [0.717, 1.165) is 0 Å². The van der Waals surface area contributed by atoms with Gasteiger partial charge in [0.2, 0.25) is 10.0 Å². The number of nitrogens with two attached hydrogens (primary N) is 1. The number of alkyl halides is 1. The largest absolute Gasteiger partial charge is 0.454 e. The molecule has 9 heteroatoms. The number of nitrogens with one attached hydrogen (secondary N) is 1. The fourth-order valence-corrected chi connectivity index (χ4v) is 3.28. The smallest absolute Gasteiger partial charge is 0.259 e. The lowest BCUT2D eigenvalue weighted by molar-refractivity contribution is 0.102. The molecule has 0 saturated carbocycles. The Morgan fingerprint density at radius 1 is 1.22 bits per heavy atom. The molecular weight excluding hydrogens is 391 g/mol. The molecule has 120 valence electrons. The molecule has 2 aromatic rings. The monoisotopic (exact) mass is 400 g/mol. The zero-order chi connectivity index (χ0) is 16.8. The van der Waals surface area contributed by atoms with Crippen molar-refractivity contribution in [3.05, 3.63) is 45.9 Å². The van der Waals surface area contributed by atoms with E-state index in [9.17, 15) is 17.6 Å².